The Labute approximate surface area is 143 Å². The smallest absolute Gasteiger partial charge is 0.180 e. The predicted octanol–water partition coefficient (Wildman–Crippen LogP) is 4.55. The van der Waals surface area contributed by atoms with Crippen molar-refractivity contribution in [2.45, 2.75) is 5.92 Å². The largest absolute Gasteiger partial charge is 0.293 e. The molecule has 0 unspecified atom stereocenters. The van der Waals surface area contributed by atoms with Gasteiger partial charge in [-0.05, 0) is 17.5 Å². The number of Topliss-reactive ketones (excluding diaryl/α,β-unsaturated/α-hetero) is 2. The summed E-state index contributed by atoms with van der Waals surface area (Å²) in [5, 5.41) is 2.67. The first-order valence-corrected chi connectivity index (χ1v) is 8.20. The number of benzene rings is 3. The van der Waals surface area contributed by atoms with E-state index in [1.54, 1.807) is 18.2 Å². The molecule has 3 nitrogen and oxygen atoms in total. The van der Waals surface area contributed by atoms with Crippen molar-refractivity contribution >= 4 is 33.2 Å². The highest BCUT2D eigenvalue weighted by atomic mass is 16.2. The SMILES string of the molecule is O=C1c2cccc3cccc(c23)C(=O)C1c1ccc2ccccc2n1. The minimum absolute atomic E-state index is 0.169. The maximum Gasteiger partial charge on any atom is 0.180 e. The molecule has 1 aromatic heterocycles. The fraction of sp³-hybridized carbons (Fsp3) is 0.0455. The summed E-state index contributed by atoms with van der Waals surface area (Å²) >= 11 is 0. The molecule has 1 aliphatic rings. The van der Waals surface area contributed by atoms with E-state index >= 15 is 0 Å². The lowest BCUT2D eigenvalue weighted by atomic mass is 9.78. The van der Waals surface area contributed by atoms with Gasteiger partial charge in [-0.25, -0.2) is 0 Å². The minimum atomic E-state index is -0.870. The number of pyridine rings is 1. The molecule has 0 radical (unpaired) electrons. The zero-order valence-corrected chi connectivity index (χ0v) is 13.3. The number of rotatable bonds is 1. The van der Waals surface area contributed by atoms with E-state index in [0.29, 0.717) is 16.8 Å². The Balaban J connectivity index is 1.75. The van der Waals surface area contributed by atoms with Crippen LogP contribution >= 0.6 is 0 Å². The molecule has 4 aromatic rings. The van der Waals surface area contributed by atoms with Crippen LogP contribution < -0.4 is 0 Å². The van der Waals surface area contributed by atoms with Gasteiger partial charge < -0.3 is 0 Å². The third-order valence-electron chi connectivity index (χ3n) is 4.88. The molecule has 0 spiro atoms. The van der Waals surface area contributed by atoms with Crippen LogP contribution in [0.5, 0.6) is 0 Å². The van der Waals surface area contributed by atoms with Crippen molar-refractivity contribution in [1.82, 2.24) is 4.98 Å². The molecule has 118 valence electrons. The van der Waals surface area contributed by atoms with Gasteiger partial charge in [-0.2, -0.15) is 0 Å². The van der Waals surface area contributed by atoms with Crippen LogP contribution in [0.4, 0.5) is 0 Å². The van der Waals surface area contributed by atoms with Gasteiger partial charge in [-0.15, -0.1) is 0 Å². The second kappa shape index (κ2) is 5.08. The van der Waals surface area contributed by atoms with Crippen LogP contribution in [0.1, 0.15) is 32.3 Å². The van der Waals surface area contributed by atoms with Gasteiger partial charge in [0.1, 0.15) is 5.92 Å². The second-order valence-electron chi connectivity index (χ2n) is 6.30. The molecule has 25 heavy (non-hydrogen) atoms. The molecule has 1 aliphatic carbocycles. The van der Waals surface area contributed by atoms with Crippen molar-refractivity contribution in [2.24, 2.45) is 0 Å². The molecule has 0 saturated carbocycles. The van der Waals surface area contributed by atoms with Crippen molar-refractivity contribution in [3.8, 4) is 0 Å². The summed E-state index contributed by atoms with van der Waals surface area (Å²) in [5.41, 5.74) is 2.51. The highest BCUT2D eigenvalue weighted by Gasteiger charge is 2.37. The predicted molar refractivity (Wildman–Crippen MR) is 97.1 cm³/mol. The topological polar surface area (TPSA) is 47.0 Å². The first kappa shape index (κ1) is 14.1. The van der Waals surface area contributed by atoms with Crippen molar-refractivity contribution < 1.29 is 9.59 Å². The van der Waals surface area contributed by atoms with Gasteiger partial charge in [0, 0.05) is 21.9 Å². The van der Waals surface area contributed by atoms with E-state index in [-0.39, 0.29) is 11.6 Å². The molecule has 1 heterocycles. The minimum Gasteiger partial charge on any atom is -0.293 e. The van der Waals surface area contributed by atoms with Gasteiger partial charge >= 0.3 is 0 Å². The number of fused-ring (bicyclic) bond motifs is 1. The van der Waals surface area contributed by atoms with E-state index in [2.05, 4.69) is 4.98 Å². The second-order valence-corrected chi connectivity index (χ2v) is 6.30. The summed E-state index contributed by atoms with van der Waals surface area (Å²) in [7, 11) is 0. The van der Waals surface area contributed by atoms with Gasteiger partial charge in [0.2, 0.25) is 0 Å². The zero-order chi connectivity index (χ0) is 17.0. The van der Waals surface area contributed by atoms with Crippen LogP contribution in [0.2, 0.25) is 0 Å². The third kappa shape index (κ3) is 1.96. The van der Waals surface area contributed by atoms with E-state index in [9.17, 15) is 9.59 Å². The van der Waals surface area contributed by atoms with Crippen LogP contribution in [-0.4, -0.2) is 16.6 Å². The average molecular weight is 323 g/mol. The number of ketones is 2. The lowest BCUT2D eigenvalue weighted by molar-refractivity contribution is 0.0854. The molecule has 0 bridgehead atoms. The molecule has 0 amide bonds. The van der Waals surface area contributed by atoms with Crippen molar-refractivity contribution in [3.63, 3.8) is 0 Å². The number of carbonyl (C=O) groups excluding carboxylic acids is 2. The molecule has 0 saturated heterocycles. The number of para-hydroxylation sites is 1. The molecule has 0 atom stereocenters. The van der Waals surface area contributed by atoms with Crippen LogP contribution in [0.25, 0.3) is 21.7 Å². The summed E-state index contributed by atoms with van der Waals surface area (Å²) in [6.07, 6.45) is 0. The van der Waals surface area contributed by atoms with Gasteiger partial charge in [0.05, 0.1) is 11.2 Å². The fourth-order valence-corrected chi connectivity index (χ4v) is 3.69. The van der Waals surface area contributed by atoms with E-state index < -0.39 is 5.92 Å². The van der Waals surface area contributed by atoms with E-state index in [4.69, 9.17) is 0 Å². The van der Waals surface area contributed by atoms with Crippen LogP contribution in [-0.2, 0) is 0 Å². The van der Waals surface area contributed by atoms with Crippen molar-refractivity contribution in [1.29, 1.82) is 0 Å². The third-order valence-corrected chi connectivity index (χ3v) is 4.88. The molecule has 0 fully saturated rings. The molecular formula is C22H13NO2. The quantitative estimate of drug-likeness (QED) is 0.483. The lowest BCUT2D eigenvalue weighted by Crippen LogP contribution is -2.28. The van der Waals surface area contributed by atoms with Crippen molar-refractivity contribution in [2.75, 3.05) is 0 Å². The van der Waals surface area contributed by atoms with E-state index in [0.717, 1.165) is 21.7 Å². The number of aromatic nitrogens is 1. The van der Waals surface area contributed by atoms with Gasteiger partial charge in [0.15, 0.2) is 11.6 Å². The molecule has 0 aliphatic heterocycles. The van der Waals surface area contributed by atoms with Gasteiger partial charge in [-0.3, -0.25) is 14.6 Å². The van der Waals surface area contributed by atoms with Crippen molar-refractivity contribution in [3.05, 3.63) is 89.6 Å². The highest BCUT2D eigenvalue weighted by Crippen LogP contribution is 2.36. The first-order chi connectivity index (χ1) is 12.2. The average Bonchev–Trinajstić information content (AvgIpc) is 2.66. The maximum absolute atomic E-state index is 13.1. The summed E-state index contributed by atoms with van der Waals surface area (Å²) < 4.78 is 0. The number of hydrogen-bond donors (Lipinski definition) is 0. The molecule has 0 N–H and O–H groups in total. The van der Waals surface area contributed by atoms with Crippen LogP contribution in [0.3, 0.4) is 0 Å². The van der Waals surface area contributed by atoms with Gasteiger partial charge in [0.25, 0.3) is 0 Å². The Bertz CT molecular complexity index is 1140. The number of carbonyl (C=O) groups is 2. The van der Waals surface area contributed by atoms with Gasteiger partial charge in [-0.1, -0.05) is 60.7 Å². The Morgan fingerprint density at radius 2 is 1.28 bits per heavy atom. The molecular weight excluding hydrogens is 310 g/mol. The van der Waals surface area contributed by atoms with E-state index in [1.807, 2.05) is 54.6 Å². The molecule has 5 rings (SSSR count). The normalized spacial score (nSPS) is 14.4. The van der Waals surface area contributed by atoms with Crippen LogP contribution in [0.15, 0.2) is 72.8 Å². The highest BCUT2D eigenvalue weighted by molar-refractivity contribution is 6.31. The lowest BCUT2D eigenvalue weighted by Gasteiger charge is -2.22. The first-order valence-electron chi connectivity index (χ1n) is 8.20. The number of hydrogen-bond acceptors (Lipinski definition) is 3. The summed E-state index contributed by atoms with van der Waals surface area (Å²) in [5.74, 6) is -1.21. The maximum atomic E-state index is 13.1. The van der Waals surface area contributed by atoms with E-state index in [1.165, 1.54) is 0 Å². The Hall–Kier alpha value is -3.33. The molecule has 3 aromatic carbocycles. The monoisotopic (exact) mass is 323 g/mol. The Morgan fingerprint density at radius 1 is 0.640 bits per heavy atom. The number of nitrogens with zero attached hydrogens (tertiary/aromatic N) is 1. The molecule has 3 heteroatoms. The van der Waals surface area contributed by atoms with Crippen LogP contribution in [0, 0.1) is 0 Å². The summed E-state index contributed by atoms with van der Waals surface area (Å²) in [6, 6.07) is 22.6. The standard InChI is InChI=1S/C22H13NO2/c24-21-15-8-3-6-14-7-4-9-16(19(14)15)22(25)20(21)18-12-11-13-5-1-2-10-17(13)23-18/h1-12,20H. The Kier molecular flexibility index (Phi) is 2.86. The fourth-order valence-electron chi connectivity index (χ4n) is 3.69. The Morgan fingerprint density at radius 3 is 2.00 bits per heavy atom. The summed E-state index contributed by atoms with van der Waals surface area (Å²) in [4.78, 5) is 30.8. The summed E-state index contributed by atoms with van der Waals surface area (Å²) in [6.45, 7) is 0. The zero-order valence-electron chi connectivity index (χ0n) is 13.3.